The van der Waals surface area contributed by atoms with Crippen LogP contribution < -0.4 is 5.32 Å². The van der Waals surface area contributed by atoms with E-state index >= 15 is 0 Å². The molecule has 2 rings (SSSR count). The van der Waals surface area contributed by atoms with E-state index in [4.69, 9.17) is 4.74 Å². The first-order valence-corrected chi connectivity index (χ1v) is 7.85. The van der Waals surface area contributed by atoms with Crippen molar-refractivity contribution in [1.82, 2.24) is 5.32 Å². The monoisotopic (exact) mass is 325 g/mol. The highest BCUT2D eigenvalue weighted by molar-refractivity contribution is 5.78. The Morgan fingerprint density at radius 1 is 1.35 bits per heavy atom. The smallest absolute Gasteiger partial charge is 0.306 e. The van der Waals surface area contributed by atoms with Crippen molar-refractivity contribution in [3.8, 4) is 0 Å². The Hall–Kier alpha value is -1.98. The maximum Gasteiger partial charge on any atom is 0.306 e. The van der Waals surface area contributed by atoms with Gasteiger partial charge < -0.3 is 10.1 Å². The molecule has 126 valence electrons. The maximum atomic E-state index is 14.2. The highest BCUT2D eigenvalue weighted by atomic mass is 19.1. The zero-order chi connectivity index (χ0) is 16.9. The van der Waals surface area contributed by atoms with Crippen molar-refractivity contribution in [3.05, 3.63) is 35.4 Å². The highest BCUT2D eigenvalue weighted by Gasteiger charge is 2.42. The van der Waals surface area contributed by atoms with Gasteiger partial charge in [-0.3, -0.25) is 9.59 Å². The van der Waals surface area contributed by atoms with E-state index in [1.165, 1.54) is 18.2 Å². The van der Waals surface area contributed by atoms with E-state index in [-0.39, 0.29) is 43.9 Å². The Morgan fingerprint density at radius 2 is 2.04 bits per heavy atom. The van der Waals surface area contributed by atoms with Crippen LogP contribution in [-0.4, -0.2) is 25.0 Å². The predicted molar refractivity (Wildman–Crippen MR) is 80.8 cm³/mol. The SMILES string of the molecule is CCCCOC(=O)CC1(c2c(F)cccc2F)CCC(=O)NC1. The Balaban J connectivity index is 2.26. The van der Waals surface area contributed by atoms with E-state index in [0.717, 1.165) is 12.8 Å². The second-order valence-corrected chi connectivity index (χ2v) is 5.90. The largest absolute Gasteiger partial charge is 0.466 e. The molecule has 1 aliphatic heterocycles. The van der Waals surface area contributed by atoms with Crippen molar-refractivity contribution >= 4 is 11.9 Å². The van der Waals surface area contributed by atoms with E-state index in [9.17, 15) is 18.4 Å². The van der Waals surface area contributed by atoms with Gasteiger partial charge in [0.05, 0.1) is 13.0 Å². The van der Waals surface area contributed by atoms with Gasteiger partial charge in [0.2, 0.25) is 5.91 Å². The van der Waals surface area contributed by atoms with Gasteiger partial charge in [-0.25, -0.2) is 8.78 Å². The number of benzene rings is 1. The third-order valence-corrected chi connectivity index (χ3v) is 4.19. The fourth-order valence-corrected chi connectivity index (χ4v) is 2.91. The molecule has 23 heavy (non-hydrogen) atoms. The van der Waals surface area contributed by atoms with Crippen molar-refractivity contribution in [1.29, 1.82) is 0 Å². The molecule has 1 aliphatic rings. The van der Waals surface area contributed by atoms with Gasteiger partial charge in [-0.15, -0.1) is 0 Å². The third kappa shape index (κ3) is 4.06. The molecule has 0 aromatic heterocycles. The molecule has 1 aromatic rings. The summed E-state index contributed by atoms with van der Waals surface area (Å²) >= 11 is 0. The molecule has 1 amide bonds. The maximum absolute atomic E-state index is 14.2. The number of carbonyl (C=O) groups excluding carboxylic acids is 2. The van der Waals surface area contributed by atoms with Crippen LogP contribution in [0.2, 0.25) is 0 Å². The fourth-order valence-electron chi connectivity index (χ4n) is 2.91. The third-order valence-electron chi connectivity index (χ3n) is 4.19. The summed E-state index contributed by atoms with van der Waals surface area (Å²) in [6.07, 6.45) is 1.80. The minimum Gasteiger partial charge on any atom is -0.466 e. The Bertz CT molecular complexity index is 559. The van der Waals surface area contributed by atoms with Crippen LogP contribution in [0, 0.1) is 11.6 Å². The Kier molecular flexibility index (Phi) is 5.69. The zero-order valence-electron chi connectivity index (χ0n) is 13.2. The van der Waals surface area contributed by atoms with Crippen LogP contribution in [0.5, 0.6) is 0 Å². The molecule has 6 heteroatoms. The lowest BCUT2D eigenvalue weighted by atomic mass is 9.71. The van der Waals surface area contributed by atoms with Crippen molar-refractivity contribution in [3.63, 3.8) is 0 Å². The first kappa shape index (κ1) is 17.4. The number of piperidine rings is 1. The van der Waals surface area contributed by atoms with Crippen LogP contribution in [0.3, 0.4) is 0 Å². The number of ether oxygens (including phenoxy) is 1. The number of carbonyl (C=O) groups is 2. The van der Waals surface area contributed by atoms with Gasteiger partial charge in [0.1, 0.15) is 11.6 Å². The van der Waals surface area contributed by atoms with Gasteiger partial charge in [-0.1, -0.05) is 19.4 Å². The van der Waals surface area contributed by atoms with Gasteiger partial charge in [-0.05, 0) is 25.0 Å². The number of amides is 1. The summed E-state index contributed by atoms with van der Waals surface area (Å²) in [5.74, 6) is -2.10. The Morgan fingerprint density at radius 3 is 2.61 bits per heavy atom. The molecule has 1 unspecified atom stereocenters. The van der Waals surface area contributed by atoms with Crippen LogP contribution >= 0.6 is 0 Å². The molecule has 0 radical (unpaired) electrons. The van der Waals surface area contributed by atoms with E-state index in [2.05, 4.69) is 5.32 Å². The van der Waals surface area contributed by atoms with Crippen LogP contribution in [-0.2, 0) is 19.7 Å². The molecule has 1 N–H and O–H groups in total. The summed E-state index contributed by atoms with van der Waals surface area (Å²) in [7, 11) is 0. The van der Waals surface area contributed by atoms with Gasteiger partial charge in [-0.2, -0.15) is 0 Å². The molecular formula is C17H21F2NO3. The number of halogens is 2. The van der Waals surface area contributed by atoms with Crippen LogP contribution in [0.4, 0.5) is 8.78 Å². The van der Waals surface area contributed by atoms with Crippen molar-refractivity contribution in [2.45, 2.75) is 44.4 Å². The zero-order valence-corrected chi connectivity index (χ0v) is 13.2. The van der Waals surface area contributed by atoms with Crippen LogP contribution in [0.25, 0.3) is 0 Å². The van der Waals surface area contributed by atoms with Crippen molar-refractivity contribution < 1.29 is 23.1 Å². The van der Waals surface area contributed by atoms with E-state index in [1.807, 2.05) is 6.92 Å². The molecule has 1 atom stereocenters. The van der Waals surface area contributed by atoms with Gasteiger partial charge in [0.15, 0.2) is 0 Å². The second-order valence-electron chi connectivity index (χ2n) is 5.90. The van der Waals surface area contributed by atoms with Crippen LogP contribution in [0.1, 0.15) is 44.6 Å². The van der Waals surface area contributed by atoms with Crippen LogP contribution in [0.15, 0.2) is 18.2 Å². The molecule has 0 bridgehead atoms. The summed E-state index contributed by atoms with van der Waals surface area (Å²) in [5.41, 5.74) is -1.25. The summed E-state index contributed by atoms with van der Waals surface area (Å²) < 4.78 is 33.6. The molecule has 1 fully saturated rings. The van der Waals surface area contributed by atoms with E-state index < -0.39 is 23.0 Å². The predicted octanol–water partition coefficient (Wildman–Crippen LogP) is 2.85. The molecule has 0 aliphatic carbocycles. The summed E-state index contributed by atoms with van der Waals surface area (Å²) in [5, 5.41) is 2.62. The molecule has 1 aromatic carbocycles. The topological polar surface area (TPSA) is 55.4 Å². The van der Waals surface area contributed by atoms with Gasteiger partial charge in [0.25, 0.3) is 0 Å². The Labute approximate surface area is 134 Å². The number of hydrogen-bond acceptors (Lipinski definition) is 3. The van der Waals surface area contributed by atoms with Crippen molar-refractivity contribution in [2.75, 3.05) is 13.2 Å². The van der Waals surface area contributed by atoms with E-state index in [1.54, 1.807) is 0 Å². The average molecular weight is 325 g/mol. The summed E-state index contributed by atoms with van der Waals surface area (Å²) in [6, 6.07) is 3.61. The number of esters is 1. The molecular weight excluding hydrogens is 304 g/mol. The first-order valence-electron chi connectivity index (χ1n) is 7.85. The second kappa shape index (κ2) is 7.53. The average Bonchev–Trinajstić information content (AvgIpc) is 2.50. The minimum atomic E-state index is -1.10. The van der Waals surface area contributed by atoms with Crippen molar-refractivity contribution in [2.24, 2.45) is 0 Å². The highest BCUT2D eigenvalue weighted by Crippen LogP contribution is 2.38. The molecule has 0 spiro atoms. The van der Waals surface area contributed by atoms with Gasteiger partial charge in [0, 0.05) is 23.9 Å². The molecule has 0 saturated carbocycles. The quantitative estimate of drug-likeness (QED) is 0.646. The number of unbranched alkanes of at least 4 members (excludes halogenated alkanes) is 1. The molecule has 1 saturated heterocycles. The number of rotatable bonds is 6. The standard InChI is InChI=1S/C17H21F2NO3/c1-2-3-9-23-15(22)10-17(8-7-14(21)20-11-17)16-12(18)5-4-6-13(16)19/h4-6H,2-3,7-11H2,1H3,(H,20,21). The normalized spacial score (nSPS) is 20.9. The number of nitrogens with one attached hydrogen (secondary N) is 1. The molecule has 1 heterocycles. The fraction of sp³-hybridized carbons (Fsp3) is 0.529. The first-order chi connectivity index (χ1) is 11.0. The molecule has 4 nitrogen and oxygen atoms in total. The lowest BCUT2D eigenvalue weighted by Crippen LogP contribution is -2.48. The summed E-state index contributed by atoms with van der Waals surface area (Å²) in [6.45, 7) is 2.28. The number of hydrogen-bond donors (Lipinski definition) is 1. The summed E-state index contributed by atoms with van der Waals surface area (Å²) in [4.78, 5) is 23.5. The lowest BCUT2D eigenvalue weighted by Gasteiger charge is -2.37. The van der Waals surface area contributed by atoms with E-state index in [0.29, 0.717) is 0 Å². The van der Waals surface area contributed by atoms with Gasteiger partial charge >= 0.3 is 5.97 Å². The minimum absolute atomic E-state index is 0.0204. The lowest BCUT2D eigenvalue weighted by molar-refractivity contribution is -0.146.